The van der Waals surface area contributed by atoms with Crippen LogP contribution in [-0.4, -0.2) is 29.8 Å². The van der Waals surface area contributed by atoms with Gasteiger partial charge in [-0.05, 0) is 32.6 Å². The molecule has 0 aromatic carbocycles. The minimum atomic E-state index is -0.402. The van der Waals surface area contributed by atoms with E-state index in [0.717, 1.165) is 31.8 Å². The Labute approximate surface area is 98.0 Å². The molecule has 0 atom stereocenters. The average Bonchev–Trinajstić information content (AvgIpc) is 2.28. The zero-order valence-electron chi connectivity index (χ0n) is 10.1. The first-order valence-electron chi connectivity index (χ1n) is 5.86. The van der Waals surface area contributed by atoms with Crippen LogP contribution in [0.4, 0.5) is 0 Å². The Kier molecular flexibility index (Phi) is 4.45. The lowest BCUT2D eigenvalue weighted by molar-refractivity contribution is -0.140. The number of carbonyl (C=O) groups is 1. The Morgan fingerprint density at radius 3 is 2.33 bits per heavy atom. The molecule has 1 rings (SSSR count). The highest BCUT2D eigenvalue weighted by Crippen LogP contribution is 2.26. The molecule has 1 aliphatic rings. The number of amides is 1. The van der Waals surface area contributed by atoms with E-state index in [4.69, 9.17) is 11.6 Å². The second-order valence-corrected chi connectivity index (χ2v) is 5.43. The Morgan fingerprint density at radius 2 is 1.93 bits per heavy atom. The standard InChI is InChI=1S/C12H22ClNO/c1-4-10-5-7-14(8-6-10)11(15)12(2,3)9-13/h10H,4-9H2,1-3H3. The number of hydrogen-bond acceptors (Lipinski definition) is 1. The van der Waals surface area contributed by atoms with Crippen molar-refractivity contribution in [3.8, 4) is 0 Å². The first-order chi connectivity index (χ1) is 7.01. The highest BCUT2D eigenvalue weighted by atomic mass is 35.5. The maximum atomic E-state index is 12.1. The van der Waals surface area contributed by atoms with Crippen LogP contribution < -0.4 is 0 Å². The van der Waals surface area contributed by atoms with Crippen LogP contribution in [0, 0.1) is 11.3 Å². The number of hydrogen-bond donors (Lipinski definition) is 0. The molecule has 0 aromatic rings. The predicted octanol–water partition coefficient (Wildman–Crippen LogP) is 2.90. The van der Waals surface area contributed by atoms with E-state index in [9.17, 15) is 4.79 Å². The van der Waals surface area contributed by atoms with Crippen LogP contribution in [0.3, 0.4) is 0 Å². The van der Waals surface area contributed by atoms with Crippen molar-refractivity contribution in [2.45, 2.75) is 40.0 Å². The van der Waals surface area contributed by atoms with Gasteiger partial charge in [0.25, 0.3) is 0 Å². The number of halogens is 1. The molecule has 1 heterocycles. The molecule has 0 radical (unpaired) electrons. The lowest BCUT2D eigenvalue weighted by atomic mass is 9.90. The van der Waals surface area contributed by atoms with Gasteiger partial charge in [-0.25, -0.2) is 0 Å². The highest BCUT2D eigenvalue weighted by Gasteiger charge is 2.32. The number of likely N-dealkylation sites (tertiary alicyclic amines) is 1. The van der Waals surface area contributed by atoms with Crippen molar-refractivity contribution in [2.24, 2.45) is 11.3 Å². The van der Waals surface area contributed by atoms with Gasteiger partial charge in [-0.15, -0.1) is 11.6 Å². The molecule has 15 heavy (non-hydrogen) atoms. The van der Waals surface area contributed by atoms with Gasteiger partial charge in [0, 0.05) is 19.0 Å². The normalized spacial score (nSPS) is 19.3. The van der Waals surface area contributed by atoms with Gasteiger partial charge in [-0.2, -0.15) is 0 Å². The lowest BCUT2D eigenvalue weighted by Gasteiger charge is -2.36. The number of carbonyl (C=O) groups excluding carboxylic acids is 1. The van der Waals surface area contributed by atoms with Gasteiger partial charge >= 0.3 is 0 Å². The quantitative estimate of drug-likeness (QED) is 0.684. The van der Waals surface area contributed by atoms with Crippen molar-refractivity contribution < 1.29 is 4.79 Å². The van der Waals surface area contributed by atoms with Gasteiger partial charge in [0.2, 0.25) is 5.91 Å². The zero-order valence-corrected chi connectivity index (χ0v) is 10.8. The molecule has 0 aromatic heterocycles. The van der Waals surface area contributed by atoms with E-state index < -0.39 is 5.41 Å². The van der Waals surface area contributed by atoms with Crippen LogP contribution in [-0.2, 0) is 4.79 Å². The molecule has 0 unspecified atom stereocenters. The summed E-state index contributed by atoms with van der Waals surface area (Å²) in [7, 11) is 0. The molecule has 0 aliphatic carbocycles. The molecule has 3 heteroatoms. The third-order valence-corrected chi connectivity index (χ3v) is 4.06. The van der Waals surface area contributed by atoms with Gasteiger partial charge < -0.3 is 4.90 Å². The maximum Gasteiger partial charge on any atom is 0.229 e. The zero-order chi connectivity index (χ0) is 11.5. The number of piperidine rings is 1. The second-order valence-electron chi connectivity index (χ2n) is 5.16. The first-order valence-corrected chi connectivity index (χ1v) is 6.40. The van der Waals surface area contributed by atoms with Gasteiger partial charge in [0.15, 0.2) is 0 Å². The monoisotopic (exact) mass is 231 g/mol. The van der Waals surface area contributed by atoms with Crippen LogP contribution in [0.25, 0.3) is 0 Å². The van der Waals surface area contributed by atoms with Gasteiger partial charge in [0.1, 0.15) is 0 Å². The summed E-state index contributed by atoms with van der Waals surface area (Å²) >= 11 is 5.82. The average molecular weight is 232 g/mol. The number of rotatable bonds is 3. The van der Waals surface area contributed by atoms with E-state index in [0.29, 0.717) is 5.88 Å². The fourth-order valence-electron chi connectivity index (χ4n) is 2.03. The van der Waals surface area contributed by atoms with Crippen LogP contribution >= 0.6 is 11.6 Å². The Morgan fingerprint density at radius 1 is 1.40 bits per heavy atom. The van der Waals surface area contributed by atoms with Crippen LogP contribution in [0.15, 0.2) is 0 Å². The molecule has 1 saturated heterocycles. The second kappa shape index (κ2) is 5.20. The topological polar surface area (TPSA) is 20.3 Å². The summed E-state index contributed by atoms with van der Waals surface area (Å²) in [4.78, 5) is 14.1. The SMILES string of the molecule is CCC1CCN(C(=O)C(C)(C)CCl)CC1. The van der Waals surface area contributed by atoms with Crippen molar-refractivity contribution >= 4 is 17.5 Å². The molecule has 0 N–H and O–H groups in total. The smallest absolute Gasteiger partial charge is 0.229 e. The summed E-state index contributed by atoms with van der Waals surface area (Å²) in [5, 5.41) is 0. The fourth-order valence-corrected chi connectivity index (χ4v) is 2.14. The molecule has 1 fully saturated rings. The van der Waals surface area contributed by atoms with Crippen molar-refractivity contribution in [1.82, 2.24) is 4.90 Å². The minimum Gasteiger partial charge on any atom is -0.342 e. The van der Waals surface area contributed by atoms with E-state index >= 15 is 0 Å². The summed E-state index contributed by atoms with van der Waals surface area (Å²) in [6.07, 6.45) is 3.54. The summed E-state index contributed by atoms with van der Waals surface area (Å²) in [5.41, 5.74) is -0.402. The summed E-state index contributed by atoms with van der Waals surface area (Å²) < 4.78 is 0. The van der Waals surface area contributed by atoms with Crippen LogP contribution in [0.5, 0.6) is 0 Å². The predicted molar refractivity (Wildman–Crippen MR) is 64.1 cm³/mol. The Bertz CT molecular complexity index is 220. The third kappa shape index (κ3) is 3.10. The fraction of sp³-hybridized carbons (Fsp3) is 0.917. The highest BCUT2D eigenvalue weighted by molar-refractivity contribution is 6.19. The minimum absolute atomic E-state index is 0.215. The molecule has 88 valence electrons. The molecule has 1 amide bonds. The molecule has 2 nitrogen and oxygen atoms in total. The molecular weight excluding hydrogens is 210 g/mol. The molecule has 0 saturated carbocycles. The summed E-state index contributed by atoms with van der Waals surface area (Å²) in [5.74, 6) is 1.43. The van der Waals surface area contributed by atoms with E-state index in [1.807, 2.05) is 18.7 Å². The van der Waals surface area contributed by atoms with Gasteiger partial charge in [-0.1, -0.05) is 13.3 Å². The number of nitrogens with zero attached hydrogens (tertiary/aromatic N) is 1. The Hall–Kier alpha value is -0.240. The summed E-state index contributed by atoms with van der Waals surface area (Å²) in [6, 6.07) is 0. The van der Waals surface area contributed by atoms with Gasteiger partial charge in [-0.3, -0.25) is 4.79 Å². The lowest BCUT2D eigenvalue weighted by Crippen LogP contribution is -2.45. The number of alkyl halides is 1. The van der Waals surface area contributed by atoms with E-state index in [-0.39, 0.29) is 5.91 Å². The van der Waals surface area contributed by atoms with Crippen LogP contribution in [0.1, 0.15) is 40.0 Å². The molecule has 0 bridgehead atoms. The summed E-state index contributed by atoms with van der Waals surface area (Å²) in [6.45, 7) is 7.91. The Balaban J connectivity index is 2.50. The van der Waals surface area contributed by atoms with Crippen molar-refractivity contribution in [3.05, 3.63) is 0 Å². The van der Waals surface area contributed by atoms with E-state index in [1.54, 1.807) is 0 Å². The molecular formula is C12H22ClNO. The third-order valence-electron chi connectivity index (χ3n) is 3.39. The van der Waals surface area contributed by atoms with Gasteiger partial charge in [0.05, 0.1) is 5.41 Å². The van der Waals surface area contributed by atoms with Crippen molar-refractivity contribution in [3.63, 3.8) is 0 Å². The van der Waals surface area contributed by atoms with E-state index in [2.05, 4.69) is 6.92 Å². The van der Waals surface area contributed by atoms with Crippen molar-refractivity contribution in [2.75, 3.05) is 19.0 Å². The first kappa shape index (κ1) is 12.8. The van der Waals surface area contributed by atoms with Crippen LogP contribution in [0.2, 0.25) is 0 Å². The molecule has 1 aliphatic heterocycles. The maximum absolute atomic E-state index is 12.1. The largest absolute Gasteiger partial charge is 0.342 e. The molecule has 0 spiro atoms. The van der Waals surface area contributed by atoms with E-state index in [1.165, 1.54) is 6.42 Å². The van der Waals surface area contributed by atoms with Crippen molar-refractivity contribution in [1.29, 1.82) is 0 Å².